The Labute approximate surface area is 236 Å². The highest BCUT2D eigenvalue weighted by atomic mass is 35.5. The van der Waals surface area contributed by atoms with Crippen molar-refractivity contribution in [1.82, 2.24) is 15.0 Å². The van der Waals surface area contributed by atoms with Gasteiger partial charge in [0, 0.05) is 5.02 Å². The molecule has 1 aliphatic carbocycles. The highest BCUT2D eigenvalue weighted by Crippen LogP contribution is 2.56. The molecule has 6 nitrogen and oxygen atoms in total. The van der Waals surface area contributed by atoms with Crippen molar-refractivity contribution in [2.45, 2.75) is 44.6 Å². The fraction of sp³-hybridized carbons (Fsp3) is 0.276. The number of hydrogen-bond acceptors (Lipinski definition) is 5. The van der Waals surface area contributed by atoms with E-state index in [1.54, 1.807) is 28.9 Å². The molecule has 0 amide bonds. The Bertz CT molecular complexity index is 1480. The molecule has 1 saturated carbocycles. The predicted molar refractivity (Wildman–Crippen MR) is 149 cm³/mol. The van der Waals surface area contributed by atoms with Gasteiger partial charge >= 0.3 is 5.97 Å². The van der Waals surface area contributed by atoms with Gasteiger partial charge in [0.05, 0.1) is 28.4 Å². The molecule has 0 saturated heterocycles. The van der Waals surface area contributed by atoms with E-state index in [0.29, 0.717) is 38.0 Å². The van der Waals surface area contributed by atoms with Gasteiger partial charge in [-0.1, -0.05) is 78.1 Å². The van der Waals surface area contributed by atoms with Crippen LogP contribution in [0.3, 0.4) is 0 Å². The largest absolute Gasteiger partial charge is 0.487 e. The predicted octanol–water partition coefficient (Wildman–Crippen LogP) is 7.99. The molecule has 0 aliphatic heterocycles. The van der Waals surface area contributed by atoms with Crippen LogP contribution in [0.4, 0.5) is 0 Å². The van der Waals surface area contributed by atoms with Crippen LogP contribution in [0.2, 0.25) is 15.1 Å². The van der Waals surface area contributed by atoms with Crippen molar-refractivity contribution in [3.05, 3.63) is 104 Å². The first-order valence-corrected chi connectivity index (χ1v) is 13.4. The summed E-state index contributed by atoms with van der Waals surface area (Å²) in [7, 11) is 1.39. The van der Waals surface area contributed by atoms with E-state index < -0.39 is 0 Å². The highest BCUT2D eigenvalue weighted by molar-refractivity contribution is 6.37. The Morgan fingerprint density at radius 3 is 2.42 bits per heavy atom. The smallest absolute Gasteiger partial charge is 0.337 e. The summed E-state index contributed by atoms with van der Waals surface area (Å²) in [6.07, 6.45) is 0.964. The number of hydrogen-bond donors (Lipinski definition) is 0. The second-order valence-corrected chi connectivity index (χ2v) is 10.8. The van der Waals surface area contributed by atoms with Crippen molar-refractivity contribution in [2.24, 2.45) is 0 Å². The Balaban J connectivity index is 1.34. The van der Waals surface area contributed by atoms with Crippen molar-refractivity contribution in [1.29, 1.82) is 0 Å². The third kappa shape index (κ3) is 5.26. The summed E-state index contributed by atoms with van der Waals surface area (Å²) >= 11 is 19.6. The van der Waals surface area contributed by atoms with E-state index in [-0.39, 0.29) is 24.4 Å². The van der Waals surface area contributed by atoms with Gasteiger partial charge < -0.3 is 9.47 Å². The maximum Gasteiger partial charge on any atom is 0.337 e. The second-order valence-electron chi connectivity index (χ2n) is 9.60. The summed E-state index contributed by atoms with van der Waals surface area (Å²) in [4.78, 5) is 11.9. The lowest BCUT2D eigenvalue weighted by molar-refractivity contribution is 0.0600. The molecule has 0 N–H and O–H groups in total. The van der Waals surface area contributed by atoms with E-state index in [1.165, 1.54) is 7.11 Å². The summed E-state index contributed by atoms with van der Waals surface area (Å²) in [5, 5.41) is 10.3. The van der Waals surface area contributed by atoms with Crippen molar-refractivity contribution < 1.29 is 14.3 Å². The summed E-state index contributed by atoms with van der Waals surface area (Å²) in [5.41, 5.74) is 4.86. The molecule has 9 heteroatoms. The van der Waals surface area contributed by atoms with Crippen LogP contribution in [0.5, 0.6) is 5.75 Å². The normalized spacial score (nSPS) is 16.5. The Morgan fingerprint density at radius 2 is 1.74 bits per heavy atom. The molecule has 4 aromatic rings. The average molecular weight is 571 g/mol. The van der Waals surface area contributed by atoms with E-state index in [9.17, 15) is 4.79 Å². The van der Waals surface area contributed by atoms with Crippen molar-refractivity contribution in [2.75, 3.05) is 7.11 Å². The molecule has 1 aliphatic rings. The molecular weight excluding hydrogens is 545 g/mol. The number of carbonyl (C=O) groups is 1. The molecular formula is C29H26Cl3N3O3. The number of halogens is 3. The van der Waals surface area contributed by atoms with Crippen LogP contribution in [-0.2, 0) is 11.3 Å². The van der Waals surface area contributed by atoms with Crippen LogP contribution in [0.25, 0.3) is 5.69 Å². The number of esters is 1. The molecule has 5 rings (SSSR count). The van der Waals surface area contributed by atoms with E-state index in [2.05, 4.69) is 10.3 Å². The average Bonchev–Trinajstić information content (AvgIpc) is 3.58. The molecule has 1 aromatic heterocycles. The lowest BCUT2D eigenvalue weighted by atomic mass is 10.0. The zero-order chi connectivity index (χ0) is 27.0. The number of ether oxygens (including phenoxy) is 2. The molecule has 2 atom stereocenters. The SMILES string of the molecule is COC(=O)c1cccc(C2CC2c2ccc(OCc3c(C(C)C)nnn3-c3c(Cl)cccc3Cl)cc2Cl)c1. The number of rotatable bonds is 8. The van der Waals surface area contributed by atoms with Gasteiger partial charge in [-0.15, -0.1) is 5.10 Å². The maximum absolute atomic E-state index is 11.9. The number of methoxy groups -OCH3 is 1. The van der Waals surface area contributed by atoms with Gasteiger partial charge in [-0.3, -0.25) is 0 Å². The van der Waals surface area contributed by atoms with Crippen molar-refractivity contribution >= 4 is 40.8 Å². The van der Waals surface area contributed by atoms with Gasteiger partial charge in [0.25, 0.3) is 0 Å². The topological polar surface area (TPSA) is 66.2 Å². The molecule has 0 spiro atoms. The van der Waals surface area contributed by atoms with Crippen LogP contribution < -0.4 is 4.74 Å². The van der Waals surface area contributed by atoms with Gasteiger partial charge in [0.15, 0.2) is 0 Å². The number of aromatic nitrogens is 3. The van der Waals surface area contributed by atoms with Gasteiger partial charge in [-0.05, 0) is 71.7 Å². The van der Waals surface area contributed by atoms with Crippen LogP contribution in [0.15, 0.2) is 60.7 Å². The quantitative estimate of drug-likeness (QED) is 0.201. The minimum absolute atomic E-state index is 0.124. The van der Waals surface area contributed by atoms with Crippen molar-refractivity contribution in [3.63, 3.8) is 0 Å². The molecule has 0 bridgehead atoms. The zero-order valence-electron chi connectivity index (χ0n) is 21.1. The number of carbonyl (C=O) groups excluding carboxylic acids is 1. The summed E-state index contributed by atoms with van der Waals surface area (Å²) in [5.74, 6) is 1.01. The highest BCUT2D eigenvalue weighted by Gasteiger charge is 2.40. The maximum atomic E-state index is 11.9. The standard InChI is InChI=1S/C29H26Cl3N3O3/c1-16(2)27-26(35(34-33-27)28-23(30)8-5-9-24(28)31)15-38-19-10-11-20(25(32)13-19)22-14-21(22)17-6-4-7-18(12-17)29(36)37-3/h4-13,16,21-22H,14-15H2,1-3H3. The van der Waals surface area contributed by atoms with Gasteiger partial charge in [0.2, 0.25) is 0 Å². The van der Waals surface area contributed by atoms with E-state index in [1.807, 2.05) is 50.2 Å². The molecule has 0 radical (unpaired) electrons. The monoisotopic (exact) mass is 569 g/mol. The zero-order valence-corrected chi connectivity index (χ0v) is 23.4. The van der Waals surface area contributed by atoms with Crippen LogP contribution in [-0.4, -0.2) is 28.1 Å². The summed E-state index contributed by atoms with van der Waals surface area (Å²) < 4.78 is 12.7. The summed E-state index contributed by atoms with van der Waals surface area (Å²) in [6, 6.07) is 18.7. The van der Waals surface area contributed by atoms with Crippen LogP contribution >= 0.6 is 34.8 Å². The Hall–Kier alpha value is -3.06. The first-order chi connectivity index (χ1) is 18.3. The third-order valence-electron chi connectivity index (χ3n) is 6.76. The van der Waals surface area contributed by atoms with Crippen molar-refractivity contribution in [3.8, 4) is 11.4 Å². The Morgan fingerprint density at radius 1 is 1.00 bits per heavy atom. The molecule has 1 fully saturated rings. The molecule has 38 heavy (non-hydrogen) atoms. The molecule has 1 heterocycles. The van der Waals surface area contributed by atoms with Gasteiger partial charge in [-0.2, -0.15) is 0 Å². The van der Waals surface area contributed by atoms with Crippen LogP contribution in [0.1, 0.15) is 70.9 Å². The number of para-hydroxylation sites is 1. The minimum atomic E-state index is -0.336. The Kier molecular flexibility index (Phi) is 7.66. The summed E-state index contributed by atoms with van der Waals surface area (Å²) in [6.45, 7) is 4.30. The minimum Gasteiger partial charge on any atom is -0.487 e. The lowest BCUT2D eigenvalue weighted by Gasteiger charge is -2.14. The van der Waals surface area contributed by atoms with E-state index in [0.717, 1.165) is 28.9 Å². The number of benzene rings is 3. The van der Waals surface area contributed by atoms with E-state index in [4.69, 9.17) is 44.3 Å². The van der Waals surface area contributed by atoms with Gasteiger partial charge in [0.1, 0.15) is 23.7 Å². The second kappa shape index (κ2) is 11.0. The van der Waals surface area contributed by atoms with Gasteiger partial charge in [-0.25, -0.2) is 9.48 Å². The third-order valence-corrected chi connectivity index (χ3v) is 7.70. The molecule has 3 aromatic carbocycles. The van der Waals surface area contributed by atoms with E-state index >= 15 is 0 Å². The first kappa shape index (κ1) is 26.5. The lowest BCUT2D eigenvalue weighted by Crippen LogP contribution is -2.09. The molecule has 196 valence electrons. The first-order valence-electron chi connectivity index (χ1n) is 12.3. The fourth-order valence-corrected chi connectivity index (χ4v) is 5.61. The van der Waals surface area contributed by atoms with Crippen LogP contribution in [0, 0.1) is 0 Å². The number of nitrogens with zero attached hydrogens (tertiary/aromatic N) is 3. The molecule has 2 unspecified atom stereocenters. The fourth-order valence-electron chi connectivity index (χ4n) is 4.74.